The number of ether oxygens (including phenoxy) is 1. The highest BCUT2D eigenvalue weighted by Gasteiger charge is 2.44. The molecule has 0 heterocycles. The second kappa shape index (κ2) is 9.58. The van der Waals surface area contributed by atoms with Crippen molar-refractivity contribution in [3.63, 3.8) is 0 Å². The van der Waals surface area contributed by atoms with E-state index in [2.05, 4.69) is 30.3 Å². The van der Waals surface area contributed by atoms with Gasteiger partial charge in [-0.25, -0.2) is 4.39 Å². The Morgan fingerprint density at radius 3 is 2.49 bits per heavy atom. The molecule has 0 saturated heterocycles. The van der Waals surface area contributed by atoms with Crippen molar-refractivity contribution in [2.24, 2.45) is 11.3 Å². The lowest BCUT2D eigenvalue weighted by Crippen LogP contribution is -2.33. The molecule has 4 heteroatoms. The van der Waals surface area contributed by atoms with Gasteiger partial charge in [-0.15, -0.1) is 0 Å². The van der Waals surface area contributed by atoms with Crippen LogP contribution in [0.2, 0.25) is 0 Å². The minimum absolute atomic E-state index is 0.0627. The summed E-state index contributed by atoms with van der Waals surface area (Å²) in [4.78, 5) is 11.9. The number of benzene rings is 3. The smallest absolute Gasteiger partial charge is 0.131 e. The van der Waals surface area contributed by atoms with E-state index < -0.39 is 5.41 Å². The molecule has 2 aliphatic carbocycles. The molecule has 0 radical (unpaired) electrons. The maximum atomic E-state index is 14.4. The van der Waals surface area contributed by atoms with Crippen LogP contribution in [0, 0.1) is 17.2 Å². The Morgan fingerprint density at radius 2 is 1.83 bits per heavy atom. The van der Waals surface area contributed by atoms with Gasteiger partial charge in [0.25, 0.3) is 0 Å². The molecule has 182 valence electrons. The van der Waals surface area contributed by atoms with Crippen LogP contribution < -0.4 is 4.74 Å². The van der Waals surface area contributed by atoms with Crippen molar-refractivity contribution in [3.8, 4) is 16.9 Å². The molecular weight excluding hydrogens is 439 g/mol. The second-order valence-electron chi connectivity index (χ2n) is 10.5. The molecule has 5 rings (SSSR count). The number of fused-ring (bicyclic) bond motifs is 1. The molecule has 3 atom stereocenters. The first-order chi connectivity index (χ1) is 17.0. The van der Waals surface area contributed by atoms with Gasteiger partial charge in [-0.3, -0.25) is 0 Å². The third kappa shape index (κ3) is 4.64. The quantitative estimate of drug-likeness (QED) is 0.383. The highest BCUT2D eigenvalue weighted by molar-refractivity contribution is 5.66. The first-order valence-electron chi connectivity index (χ1n) is 12.6. The van der Waals surface area contributed by atoms with E-state index in [4.69, 9.17) is 4.74 Å². The molecule has 0 bridgehead atoms. The van der Waals surface area contributed by atoms with E-state index in [1.165, 1.54) is 28.3 Å². The highest BCUT2D eigenvalue weighted by Crippen LogP contribution is 2.51. The Morgan fingerprint density at radius 1 is 1.06 bits per heavy atom. The number of rotatable bonds is 8. The number of methoxy groups -OCH3 is 1. The third-order valence-electron chi connectivity index (χ3n) is 8.10. The minimum atomic E-state index is -0.741. The van der Waals surface area contributed by atoms with E-state index in [9.17, 15) is 14.3 Å². The van der Waals surface area contributed by atoms with Crippen LogP contribution in [0.4, 0.5) is 4.39 Å². The molecule has 0 amide bonds. The number of aldehydes is 1. The number of carbonyl (C=O) groups excluding carboxylic acids is 1. The van der Waals surface area contributed by atoms with Gasteiger partial charge in [0.1, 0.15) is 17.9 Å². The lowest BCUT2D eigenvalue weighted by molar-refractivity contribution is -0.119. The molecule has 0 aromatic heterocycles. The highest BCUT2D eigenvalue weighted by atomic mass is 19.1. The summed E-state index contributed by atoms with van der Waals surface area (Å²) in [6.07, 6.45) is 6.23. The van der Waals surface area contributed by atoms with Crippen molar-refractivity contribution in [2.75, 3.05) is 13.7 Å². The van der Waals surface area contributed by atoms with Gasteiger partial charge in [-0.05, 0) is 90.0 Å². The summed E-state index contributed by atoms with van der Waals surface area (Å²) >= 11 is 0. The molecule has 1 N–H and O–H groups in total. The summed E-state index contributed by atoms with van der Waals surface area (Å²) in [5.74, 6) is 1.32. The summed E-state index contributed by atoms with van der Waals surface area (Å²) in [6, 6.07) is 19.8. The van der Waals surface area contributed by atoms with Gasteiger partial charge >= 0.3 is 0 Å². The molecule has 3 unspecified atom stereocenters. The maximum absolute atomic E-state index is 14.4. The van der Waals surface area contributed by atoms with Crippen LogP contribution in [0.5, 0.6) is 5.75 Å². The van der Waals surface area contributed by atoms with Crippen molar-refractivity contribution in [1.29, 1.82) is 0 Å². The van der Waals surface area contributed by atoms with Crippen LogP contribution in [0.25, 0.3) is 11.1 Å². The average Bonchev–Trinajstić information content (AvgIpc) is 3.73. The average molecular weight is 473 g/mol. The van der Waals surface area contributed by atoms with E-state index in [0.29, 0.717) is 23.1 Å². The predicted molar refractivity (Wildman–Crippen MR) is 136 cm³/mol. The van der Waals surface area contributed by atoms with E-state index >= 15 is 0 Å². The first-order valence-corrected chi connectivity index (χ1v) is 12.6. The van der Waals surface area contributed by atoms with Gasteiger partial charge in [0.05, 0.1) is 19.1 Å². The molecule has 1 fully saturated rings. The molecule has 0 spiro atoms. The number of hydrogen-bond acceptors (Lipinski definition) is 3. The summed E-state index contributed by atoms with van der Waals surface area (Å²) in [5, 5.41) is 10.0. The zero-order chi connectivity index (χ0) is 24.6. The number of aliphatic hydroxyl groups is 1. The topological polar surface area (TPSA) is 46.5 Å². The number of halogens is 1. The van der Waals surface area contributed by atoms with Crippen molar-refractivity contribution >= 4 is 6.29 Å². The third-order valence-corrected chi connectivity index (χ3v) is 8.10. The van der Waals surface area contributed by atoms with Crippen LogP contribution >= 0.6 is 0 Å². The normalized spacial score (nSPS) is 19.9. The Kier molecular flexibility index (Phi) is 6.50. The zero-order valence-corrected chi connectivity index (χ0v) is 20.5. The molecule has 1 saturated carbocycles. The van der Waals surface area contributed by atoms with Gasteiger partial charge in [0, 0.05) is 11.5 Å². The summed E-state index contributed by atoms with van der Waals surface area (Å²) < 4.78 is 19.7. The van der Waals surface area contributed by atoms with Crippen LogP contribution in [0.15, 0.2) is 60.7 Å². The molecular formula is C31H33FO3. The standard InChI is InChI=1S/C31H33FO3/c1-31(18-33,19-34)30(23-9-10-23)25-12-6-21-5-11-24(15-26(21)16-25)20-3-7-22(8-4-20)28-17-27(35-2)13-14-29(28)32/h3-4,6-8,12-14,16-18,23-24,30,34H,5,9-11,15,19H2,1-2H3. The minimum Gasteiger partial charge on any atom is -0.497 e. The van der Waals surface area contributed by atoms with E-state index in [-0.39, 0.29) is 18.3 Å². The Labute approximate surface area is 207 Å². The lowest BCUT2D eigenvalue weighted by atomic mass is 9.70. The Bertz CT molecular complexity index is 1210. The molecule has 2 aliphatic rings. The molecule has 3 aromatic rings. The Balaban J connectivity index is 1.39. The van der Waals surface area contributed by atoms with Crippen molar-refractivity contribution in [1.82, 2.24) is 0 Å². The second-order valence-corrected chi connectivity index (χ2v) is 10.5. The van der Waals surface area contributed by atoms with Gasteiger partial charge in [0.15, 0.2) is 0 Å². The van der Waals surface area contributed by atoms with Crippen molar-refractivity contribution in [2.45, 2.75) is 50.9 Å². The number of aliphatic hydroxyl groups excluding tert-OH is 1. The molecule has 3 nitrogen and oxygen atoms in total. The predicted octanol–water partition coefficient (Wildman–Crippen LogP) is 6.46. The van der Waals surface area contributed by atoms with Crippen LogP contribution in [0.3, 0.4) is 0 Å². The largest absolute Gasteiger partial charge is 0.497 e. The monoisotopic (exact) mass is 472 g/mol. The van der Waals surface area contributed by atoms with E-state index in [1.807, 2.05) is 19.1 Å². The van der Waals surface area contributed by atoms with Gasteiger partial charge < -0.3 is 14.6 Å². The molecule has 3 aromatic carbocycles. The number of carbonyl (C=O) groups is 1. The van der Waals surface area contributed by atoms with Crippen LogP contribution in [-0.4, -0.2) is 25.1 Å². The van der Waals surface area contributed by atoms with Gasteiger partial charge in [0.2, 0.25) is 0 Å². The lowest BCUT2D eigenvalue weighted by Gasteiger charge is -2.33. The molecule has 0 aliphatic heterocycles. The number of aryl methyl sites for hydroxylation is 1. The number of hydrogen-bond donors (Lipinski definition) is 1. The molecule has 35 heavy (non-hydrogen) atoms. The van der Waals surface area contributed by atoms with Crippen molar-refractivity contribution in [3.05, 3.63) is 88.7 Å². The fourth-order valence-electron chi connectivity index (χ4n) is 5.87. The maximum Gasteiger partial charge on any atom is 0.131 e. The Hall–Kier alpha value is -2.98. The van der Waals surface area contributed by atoms with E-state index in [1.54, 1.807) is 19.2 Å². The van der Waals surface area contributed by atoms with E-state index in [0.717, 1.165) is 44.0 Å². The van der Waals surface area contributed by atoms with Crippen LogP contribution in [0.1, 0.15) is 60.3 Å². The van der Waals surface area contributed by atoms with Gasteiger partial charge in [-0.2, -0.15) is 0 Å². The van der Waals surface area contributed by atoms with Crippen LogP contribution in [-0.2, 0) is 17.6 Å². The van der Waals surface area contributed by atoms with Crippen molar-refractivity contribution < 1.29 is 19.0 Å². The SMILES string of the molecule is COc1ccc(F)c(-c2ccc(C3CCc4ccc(C(C5CC5)C(C)(C=O)CO)cc4C3)cc2)c1. The fourth-order valence-corrected chi connectivity index (χ4v) is 5.87. The first kappa shape index (κ1) is 23.7. The summed E-state index contributed by atoms with van der Waals surface area (Å²) in [6.45, 7) is 1.76. The summed E-state index contributed by atoms with van der Waals surface area (Å²) in [5.41, 5.74) is 5.81. The fraction of sp³-hybridized carbons (Fsp3) is 0.387. The van der Waals surface area contributed by atoms with Gasteiger partial charge in [-0.1, -0.05) is 49.4 Å². The summed E-state index contributed by atoms with van der Waals surface area (Å²) in [7, 11) is 1.59. The zero-order valence-electron chi connectivity index (χ0n) is 20.5.